The molecule has 0 unspecified atom stereocenters. The van der Waals surface area contributed by atoms with Crippen molar-refractivity contribution in [2.24, 2.45) is 0 Å². The Balaban J connectivity index is 1.36. The van der Waals surface area contributed by atoms with Crippen molar-refractivity contribution in [2.45, 2.75) is 19.8 Å². The molecule has 0 aliphatic rings. The lowest BCUT2D eigenvalue weighted by molar-refractivity contribution is 0.252. The molecule has 7 nitrogen and oxygen atoms in total. The van der Waals surface area contributed by atoms with Crippen LogP contribution in [0.15, 0.2) is 95.7 Å². The molecule has 0 spiro atoms. The third kappa shape index (κ3) is 5.62. The molecular formula is C30H29N5O2. The van der Waals surface area contributed by atoms with E-state index >= 15 is 0 Å². The molecule has 0 radical (unpaired) electrons. The molecule has 5 rings (SSSR count). The van der Waals surface area contributed by atoms with Crippen LogP contribution in [0.2, 0.25) is 0 Å². The maximum absolute atomic E-state index is 11.9. The average molecular weight is 492 g/mol. The van der Waals surface area contributed by atoms with Gasteiger partial charge in [-0.25, -0.2) is 14.8 Å². The monoisotopic (exact) mass is 491 g/mol. The quantitative estimate of drug-likeness (QED) is 0.212. The van der Waals surface area contributed by atoms with Gasteiger partial charge in [-0.15, -0.1) is 0 Å². The minimum Gasteiger partial charge on any atom is -0.437 e. The van der Waals surface area contributed by atoms with Crippen LogP contribution in [0.5, 0.6) is 0 Å². The molecule has 0 atom stereocenters. The van der Waals surface area contributed by atoms with E-state index in [9.17, 15) is 4.79 Å². The molecular weight excluding hydrogens is 462 g/mol. The van der Waals surface area contributed by atoms with E-state index in [1.54, 1.807) is 0 Å². The van der Waals surface area contributed by atoms with E-state index < -0.39 is 0 Å². The van der Waals surface area contributed by atoms with Gasteiger partial charge in [0.15, 0.2) is 0 Å². The van der Waals surface area contributed by atoms with Gasteiger partial charge >= 0.3 is 6.03 Å². The predicted molar refractivity (Wildman–Crippen MR) is 149 cm³/mol. The van der Waals surface area contributed by atoms with Crippen molar-refractivity contribution < 1.29 is 9.21 Å². The van der Waals surface area contributed by atoms with Crippen molar-refractivity contribution in [2.75, 3.05) is 23.7 Å². The van der Waals surface area contributed by atoms with Crippen LogP contribution < -0.4 is 16.0 Å². The highest BCUT2D eigenvalue weighted by molar-refractivity contribution is 6.05. The highest BCUT2D eigenvalue weighted by atomic mass is 16.3. The van der Waals surface area contributed by atoms with Crippen LogP contribution >= 0.6 is 0 Å². The Morgan fingerprint density at radius 3 is 2.24 bits per heavy atom. The summed E-state index contributed by atoms with van der Waals surface area (Å²) in [5.74, 6) is 1.51. The first-order valence-corrected chi connectivity index (χ1v) is 12.5. The number of anilines is 2. The number of hydrogen-bond donors (Lipinski definition) is 3. The molecule has 0 saturated heterocycles. The molecule has 0 bridgehead atoms. The highest BCUT2D eigenvalue weighted by Crippen LogP contribution is 2.42. The molecule has 2 amide bonds. The topological polar surface area (TPSA) is 92.1 Å². The van der Waals surface area contributed by atoms with Gasteiger partial charge in [0.1, 0.15) is 17.9 Å². The maximum atomic E-state index is 11.9. The van der Waals surface area contributed by atoms with Crippen LogP contribution in [0.25, 0.3) is 33.6 Å². The third-order valence-corrected chi connectivity index (χ3v) is 6.04. The summed E-state index contributed by atoms with van der Waals surface area (Å²) in [4.78, 5) is 20.9. The molecule has 0 fully saturated rings. The standard InChI is InChI=1S/C30H29N5O2/c1-2-18-32-30(36)35-24-15-13-21(14-16-24)17-19-31-28-26-25(22-9-5-3-6-10-22)27(23-11-7-4-8-12-23)37-29(26)34-20-33-28/h3-16,20H,2,17-19H2,1H3,(H,31,33,34)(H2,32,35,36). The van der Waals surface area contributed by atoms with Crippen LogP contribution in [0.1, 0.15) is 18.9 Å². The molecule has 0 saturated carbocycles. The number of aromatic nitrogens is 2. The van der Waals surface area contributed by atoms with Gasteiger partial charge in [-0.2, -0.15) is 0 Å². The minimum atomic E-state index is -0.187. The fourth-order valence-electron chi connectivity index (χ4n) is 4.23. The summed E-state index contributed by atoms with van der Waals surface area (Å²) >= 11 is 0. The van der Waals surface area contributed by atoms with Crippen LogP contribution in [0.4, 0.5) is 16.3 Å². The molecule has 2 aromatic heterocycles. The van der Waals surface area contributed by atoms with E-state index in [4.69, 9.17) is 4.42 Å². The summed E-state index contributed by atoms with van der Waals surface area (Å²) < 4.78 is 6.28. The van der Waals surface area contributed by atoms with Crippen molar-refractivity contribution in [3.63, 3.8) is 0 Å². The average Bonchev–Trinajstić information content (AvgIpc) is 3.34. The molecule has 7 heteroatoms. The Morgan fingerprint density at radius 2 is 1.54 bits per heavy atom. The summed E-state index contributed by atoms with van der Waals surface area (Å²) in [6.07, 6.45) is 3.22. The summed E-state index contributed by atoms with van der Waals surface area (Å²) in [5, 5.41) is 10.0. The number of benzene rings is 3. The third-order valence-electron chi connectivity index (χ3n) is 6.04. The van der Waals surface area contributed by atoms with Gasteiger partial charge in [-0.05, 0) is 36.1 Å². The smallest absolute Gasteiger partial charge is 0.319 e. The summed E-state index contributed by atoms with van der Waals surface area (Å²) in [6, 6.07) is 27.9. The van der Waals surface area contributed by atoms with E-state index in [1.807, 2.05) is 79.7 Å². The molecule has 186 valence electrons. The number of carbonyl (C=O) groups is 1. The number of urea groups is 1. The fourth-order valence-corrected chi connectivity index (χ4v) is 4.23. The number of carbonyl (C=O) groups excluding carboxylic acids is 1. The van der Waals surface area contributed by atoms with E-state index in [0.717, 1.165) is 57.7 Å². The Labute approximate surface area is 216 Å². The second-order valence-corrected chi connectivity index (χ2v) is 8.70. The van der Waals surface area contributed by atoms with E-state index in [2.05, 4.69) is 38.1 Å². The van der Waals surface area contributed by atoms with Crippen molar-refractivity contribution >= 4 is 28.6 Å². The van der Waals surface area contributed by atoms with E-state index in [0.29, 0.717) is 18.8 Å². The lowest BCUT2D eigenvalue weighted by atomic mass is 9.99. The number of rotatable bonds is 9. The zero-order valence-electron chi connectivity index (χ0n) is 20.7. The minimum absolute atomic E-state index is 0.187. The summed E-state index contributed by atoms with van der Waals surface area (Å²) in [5.41, 5.74) is 5.47. The lowest BCUT2D eigenvalue weighted by Gasteiger charge is -2.10. The SMILES string of the molecule is CCCNC(=O)Nc1ccc(CCNc2ncnc3oc(-c4ccccc4)c(-c4ccccc4)c23)cc1. The van der Waals surface area contributed by atoms with E-state index in [1.165, 1.54) is 6.33 Å². The van der Waals surface area contributed by atoms with Crippen LogP contribution in [-0.2, 0) is 6.42 Å². The van der Waals surface area contributed by atoms with Gasteiger partial charge in [0.05, 0.1) is 5.39 Å². The van der Waals surface area contributed by atoms with Crippen molar-refractivity contribution in [3.8, 4) is 22.5 Å². The van der Waals surface area contributed by atoms with E-state index in [-0.39, 0.29) is 6.03 Å². The molecule has 5 aromatic rings. The van der Waals surface area contributed by atoms with Gasteiger partial charge < -0.3 is 20.4 Å². The highest BCUT2D eigenvalue weighted by Gasteiger charge is 2.21. The first-order chi connectivity index (χ1) is 18.2. The number of nitrogens with one attached hydrogen (secondary N) is 3. The normalized spacial score (nSPS) is 10.8. The number of amides is 2. The van der Waals surface area contributed by atoms with Gasteiger partial charge in [0.25, 0.3) is 0 Å². The number of furan rings is 1. The van der Waals surface area contributed by atoms with Gasteiger partial charge in [0, 0.05) is 29.9 Å². The molecule has 2 heterocycles. The largest absolute Gasteiger partial charge is 0.437 e. The molecule has 0 aliphatic heterocycles. The zero-order chi connectivity index (χ0) is 25.5. The summed E-state index contributed by atoms with van der Waals surface area (Å²) in [7, 11) is 0. The Kier molecular flexibility index (Phi) is 7.41. The van der Waals surface area contributed by atoms with Crippen molar-refractivity contribution in [3.05, 3.63) is 96.8 Å². The first-order valence-electron chi connectivity index (χ1n) is 12.5. The molecule has 3 aromatic carbocycles. The van der Waals surface area contributed by atoms with Crippen molar-refractivity contribution in [1.29, 1.82) is 0 Å². The number of nitrogens with zero attached hydrogens (tertiary/aromatic N) is 2. The van der Waals surface area contributed by atoms with Crippen LogP contribution in [0.3, 0.4) is 0 Å². The summed E-state index contributed by atoms with van der Waals surface area (Å²) in [6.45, 7) is 3.35. The molecule has 0 aliphatic carbocycles. The Morgan fingerprint density at radius 1 is 0.838 bits per heavy atom. The molecule has 3 N–H and O–H groups in total. The van der Waals surface area contributed by atoms with Crippen LogP contribution in [-0.4, -0.2) is 29.1 Å². The first kappa shape index (κ1) is 24.1. The molecule has 37 heavy (non-hydrogen) atoms. The fraction of sp³-hybridized carbons (Fsp3) is 0.167. The second-order valence-electron chi connectivity index (χ2n) is 8.70. The van der Waals surface area contributed by atoms with Gasteiger partial charge in [0.2, 0.25) is 5.71 Å². The zero-order valence-corrected chi connectivity index (χ0v) is 20.7. The Hall–Kier alpha value is -4.65. The predicted octanol–water partition coefficient (Wildman–Crippen LogP) is 6.74. The van der Waals surface area contributed by atoms with Gasteiger partial charge in [-0.1, -0.05) is 79.7 Å². The van der Waals surface area contributed by atoms with Crippen molar-refractivity contribution in [1.82, 2.24) is 15.3 Å². The number of fused-ring (bicyclic) bond motifs is 1. The number of hydrogen-bond acceptors (Lipinski definition) is 5. The van der Waals surface area contributed by atoms with Crippen LogP contribution in [0, 0.1) is 0 Å². The second kappa shape index (κ2) is 11.4. The van der Waals surface area contributed by atoms with Gasteiger partial charge in [-0.3, -0.25) is 0 Å². The lowest BCUT2D eigenvalue weighted by Crippen LogP contribution is -2.29. The maximum Gasteiger partial charge on any atom is 0.319 e. The Bertz CT molecular complexity index is 1470.